The summed E-state index contributed by atoms with van der Waals surface area (Å²) in [6.45, 7) is 2.20. The van der Waals surface area contributed by atoms with Crippen molar-refractivity contribution in [2.45, 2.75) is 12.8 Å². The molecule has 1 nitrogen and oxygen atoms in total. The molecule has 1 aliphatic rings. The topological polar surface area (TPSA) is 4.93 Å². The van der Waals surface area contributed by atoms with Crippen LogP contribution in [-0.2, 0) is 0 Å². The second-order valence-corrected chi connectivity index (χ2v) is 2.47. The molecule has 0 saturated heterocycles. The van der Waals surface area contributed by atoms with E-state index in [0.717, 1.165) is 0 Å². The van der Waals surface area contributed by atoms with Gasteiger partial charge in [-0.3, -0.25) is 0 Å². The molecule has 9 heavy (non-hydrogen) atoms. The highest BCUT2D eigenvalue weighted by Gasteiger charge is 2.09. The normalized spacial score (nSPS) is 22.6. The summed E-state index contributed by atoms with van der Waals surface area (Å²) in [5.74, 6) is 0.611. The van der Waals surface area contributed by atoms with Gasteiger partial charge in [-0.1, -0.05) is 13.0 Å². The van der Waals surface area contributed by atoms with Crippen molar-refractivity contribution in [2.75, 3.05) is 0 Å². The molecule has 0 aromatic carbocycles. The third-order valence-electron chi connectivity index (χ3n) is 1.81. The van der Waals surface area contributed by atoms with Crippen LogP contribution in [0.3, 0.4) is 0 Å². The molecule has 2 heterocycles. The molecule has 1 aliphatic heterocycles. The van der Waals surface area contributed by atoms with Gasteiger partial charge in [0, 0.05) is 24.0 Å². The number of nitrogens with zero attached hydrogens (tertiary/aromatic N) is 1. The maximum Gasteiger partial charge on any atom is 0.0287 e. The van der Waals surface area contributed by atoms with Gasteiger partial charge in [0.2, 0.25) is 0 Å². The van der Waals surface area contributed by atoms with Crippen molar-refractivity contribution in [2.24, 2.45) is 0 Å². The van der Waals surface area contributed by atoms with Crippen LogP contribution in [0.1, 0.15) is 18.5 Å². The van der Waals surface area contributed by atoms with E-state index in [2.05, 4.69) is 42.1 Å². The molecule has 1 unspecified atom stereocenters. The van der Waals surface area contributed by atoms with E-state index in [1.54, 1.807) is 0 Å². The van der Waals surface area contributed by atoms with Crippen molar-refractivity contribution in [3.63, 3.8) is 0 Å². The second-order valence-electron chi connectivity index (χ2n) is 2.47. The number of hydrogen-bond acceptors (Lipinski definition) is 0. The van der Waals surface area contributed by atoms with Crippen molar-refractivity contribution >= 4 is 6.20 Å². The van der Waals surface area contributed by atoms with Crippen molar-refractivity contribution in [3.8, 4) is 0 Å². The molecule has 1 heteroatoms. The maximum atomic E-state index is 2.20. The van der Waals surface area contributed by atoms with Gasteiger partial charge in [0.25, 0.3) is 0 Å². The smallest absolute Gasteiger partial charge is 0.0287 e. The lowest BCUT2D eigenvalue weighted by Crippen LogP contribution is -1.86. The lowest BCUT2D eigenvalue weighted by atomic mass is 10.1. The van der Waals surface area contributed by atoms with Gasteiger partial charge < -0.3 is 4.57 Å². The maximum absolute atomic E-state index is 2.20. The fourth-order valence-corrected chi connectivity index (χ4v) is 1.25. The highest BCUT2D eigenvalue weighted by molar-refractivity contribution is 5.40. The molecule has 1 aromatic heterocycles. The largest absolute Gasteiger partial charge is 0.327 e. The number of fused-ring (bicyclic) bond motifs is 1. The zero-order valence-corrected chi connectivity index (χ0v) is 5.41. The van der Waals surface area contributed by atoms with Crippen LogP contribution in [0.25, 0.3) is 6.20 Å². The fourth-order valence-electron chi connectivity index (χ4n) is 1.25. The Balaban J connectivity index is 2.60. The Labute approximate surface area is 54.6 Å². The first-order chi connectivity index (χ1) is 4.38. The van der Waals surface area contributed by atoms with E-state index in [4.69, 9.17) is 0 Å². The van der Waals surface area contributed by atoms with Gasteiger partial charge in [-0.15, -0.1) is 0 Å². The van der Waals surface area contributed by atoms with E-state index >= 15 is 0 Å². The zero-order chi connectivity index (χ0) is 6.27. The molecule has 0 saturated carbocycles. The molecule has 0 amide bonds. The van der Waals surface area contributed by atoms with Crippen molar-refractivity contribution in [3.05, 3.63) is 30.1 Å². The SMILES string of the molecule is CC1C=Cn2cccc21. The van der Waals surface area contributed by atoms with Crippen LogP contribution in [0.4, 0.5) is 0 Å². The molecule has 0 bridgehead atoms. The Kier molecular flexibility index (Phi) is 0.810. The summed E-state index contributed by atoms with van der Waals surface area (Å²) in [4.78, 5) is 0. The van der Waals surface area contributed by atoms with Gasteiger partial charge in [-0.2, -0.15) is 0 Å². The highest BCUT2D eigenvalue weighted by atomic mass is 15.0. The van der Waals surface area contributed by atoms with E-state index in [1.807, 2.05) is 0 Å². The molecule has 0 N–H and O–H groups in total. The number of allylic oxidation sites excluding steroid dienone is 1. The Bertz CT molecular complexity index is 245. The third-order valence-corrected chi connectivity index (χ3v) is 1.81. The summed E-state index contributed by atoms with van der Waals surface area (Å²) in [5.41, 5.74) is 1.40. The van der Waals surface area contributed by atoms with Gasteiger partial charge in [-0.05, 0) is 12.1 Å². The summed E-state index contributed by atoms with van der Waals surface area (Å²) in [6, 6.07) is 4.24. The van der Waals surface area contributed by atoms with Crippen molar-refractivity contribution < 1.29 is 0 Å². The number of rotatable bonds is 0. The average Bonchev–Trinajstić information content (AvgIpc) is 2.35. The van der Waals surface area contributed by atoms with E-state index in [1.165, 1.54) is 5.69 Å². The minimum absolute atomic E-state index is 0.611. The Morgan fingerprint density at radius 1 is 1.56 bits per heavy atom. The minimum atomic E-state index is 0.611. The Hall–Kier alpha value is -0.980. The third kappa shape index (κ3) is 0.545. The van der Waals surface area contributed by atoms with Crippen molar-refractivity contribution in [1.82, 2.24) is 4.57 Å². The van der Waals surface area contributed by atoms with Crippen LogP contribution in [0.2, 0.25) is 0 Å². The molecule has 0 spiro atoms. The molecule has 1 aromatic rings. The highest BCUT2D eigenvalue weighted by Crippen LogP contribution is 2.23. The molecule has 0 radical (unpaired) electrons. The van der Waals surface area contributed by atoms with Crippen LogP contribution in [-0.4, -0.2) is 4.57 Å². The monoisotopic (exact) mass is 119 g/mol. The van der Waals surface area contributed by atoms with E-state index in [0.29, 0.717) is 5.92 Å². The Morgan fingerprint density at radius 3 is 3.22 bits per heavy atom. The molecule has 2 rings (SSSR count). The number of hydrogen-bond donors (Lipinski definition) is 0. The molecule has 46 valence electrons. The van der Waals surface area contributed by atoms with Crippen LogP contribution in [0.15, 0.2) is 24.4 Å². The first-order valence-corrected chi connectivity index (χ1v) is 3.23. The summed E-state index contributed by atoms with van der Waals surface area (Å²) < 4.78 is 2.16. The van der Waals surface area contributed by atoms with Crippen LogP contribution in [0, 0.1) is 0 Å². The van der Waals surface area contributed by atoms with E-state index in [-0.39, 0.29) is 0 Å². The van der Waals surface area contributed by atoms with Gasteiger partial charge in [0.15, 0.2) is 0 Å². The first-order valence-electron chi connectivity index (χ1n) is 3.23. The zero-order valence-electron chi connectivity index (χ0n) is 5.41. The molecular weight excluding hydrogens is 110 g/mol. The lowest BCUT2D eigenvalue weighted by molar-refractivity contribution is 0.926. The van der Waals surface area contributed by atoms with Crippen LogP contribution >= 0.6 is 0 Å². The van der Waals surface area contributed by atoms with Crippen LogP contribution < -0.4 is 0 Å². The summed E-state index contributed by atoms with van der Waals surface area (Å²) >= 11 is 0. The quantitative estimate of drug-likeness (QED) is 0.492. The molecule has 0 fully saturated rings. The van der Waals surface area contributed by atoms with Gasteiger partial charge in [0.05, 0.1) is 0 Å². The first kappa shape index (κ1) is 4.86. The predicted octanol–water partition coefficient (Wildman–Crippen LogP) is 2.08. The summed E-state index contributed by atoms with van der Waals surface area (Å²) in [5, 5.41) is 0. The second kappa shape index (κ2) is 1.50. The van der Waals surface area contributed by atoms with Gasteiger partial charge in [-0.25, -0.2) is 0 Å². The molecule has 0 aliphatic carbocycles. The van der Waals surface area contributed by atoms with E-state index < -0.39 is 0 Å². The van der Waals surface area contributed by atoms with Gasteiger partial charge >= 0.3 is 0 Å². The average molecular weight is 119 g/mol. The fraction of sp³-hybridized carbons (Fsp3) is 0.250. The van der Waals surface area contributed by atoms with Gasteiger partial charge in [0.1, 0.15) is 0 Å². The minimum Gasteiger partial charge on any atom is -0.327 e. The summed E-state index contributed by atoms with van der Waals surface area (Å²) in [6.07, 6.45) is 6.39. The standard InChI is InChI=1S/C8H9N/c1-7-4-6-9-5-2-3-8(7)9/h2-7H,1H3. The van der Waals surface area contributed by atoms with Crippen LogP contribution in [0.5, 0.6) is 0 Å². The van der Waals surface area contributed by atoms with E-state index in [9.17, 15) is 0 Å². The summed E-state index contributed by atoms with van der Waals surface area (Å²) in [7, 11) is 0. The predicted molar refractivity (Wildman–Crippen MR) is 38.2 cm³/mol. The lowest BCUT2D eigenvalue weighted by Gasteiger charge is -1.97. The number of aromatic nitrogens is 1. The van der Waals surface area contributed by atoms with Crippen molar-refractivity contribution in [1.29, 1.82) is 0 Å². The molecule has 1 atom stereocenters. The molecular formula is C8H9N. The Morgan fingerprint density at radius 2 is 2.44 bits per heavy atom.